The zero-order chi connectivity index (χ0) is 12.4. The van der Waals surface area contributed by atoms with Crippen LogP contribution in [0.2, 0.25) is 0 Å². The van der Waals surface area contributed by atoms with Crippen LogP contribution in [-0.4, -0.2) is 36.1 Å². The molecule has 3 nitrogen and oxygen atoms in total. The van der Waals surface area contributed by atoms with Gasteiger partial charge in [0.05, 0.1) is 10.7 Å². The Bertz CT molecular complexity index is 390. The Morgan fingerprint density at radius 1 is 1.44 bits per heavy atom. The van der Waals surface area contributed by atoms with Crippen LogP contribution >= 0.6 is 11.3 Å². The van der Waals surface area contributed by atoms with Crippen LogP contribution in [0.15, 0.2) is 5.38 Å². The van der Waals surface area contributed by atoms with Crippen molar-refractivity contribution in [1.29, 1.82) is 0 Å². The number of hydrogen-bond acceptors (Lipinski definition) is 4. The van der Waals surface area contributed by atoms with E-state index in [0.29, 0.717) is 5.41 Å². The first-order chi connectivity index (χ1) is 8.76. The molecule has 1 N–H and O–H groups in total. The van der Waals surface area contributed by atoms with E-state index >= 15 is 0 Å². The molecule has 4 heteroatoms. The summed E-state index contributed by atoms with van der Waals surface area (Å²) >= 11 is 1.77. The second kappa shape index (κ2) is 5.27. The normalized spacial score (nSPS) is 29.8. The van der Waals surface area contributed by atoms with Gasteiger partial charge in [-0.25, -0.2) is 4.98 Å². The van der Waals surface area contributed by atoms with Crippen molar-refractivity contribution in [1.82, 2.24) is 15.2 Å². The summed E-state index contributed by atoms with van der Waals surface area (Å²) in [5.41, 5.74) is 1.82. The van der Waals surface area contributed by atoms with Gasteiger partial charge in [-0.2, -0.15) is 0 Å². The Hall–Kier alpha value is -0.450. The second-order valence-corrected chi connectivity index (χ2v) is 7.01. The average molecular weight is 265 g/mol. The van der Waals surface area contributed by atoms with Gasteiger partial charge in [0, 0.05) is 25.0 Å². The van der Waals surface area contributed by atoms with Gasteiger partial charge in [0.25, 0.3) is 0 Å². The summed E-state index contributed by atoms with van der Waals surface area (Å²) in [6.07, 6.45) is 5.52. The fourth-order valence-electron chi connectivity index (χ4n) is 3.53. The van der Waals surface area contributed by atoms with Gasteiger partial charge >= 0.3 is 0 Å². The van der Waals surface area contributed by atoms with Crippen molar-refractivity contribution in [2.75, 3.05) is 26.2 Å². The van der Waals surface area contributed by atoms with Crippen LogP contribution in [0.3, 0.4) is 0 Å². The number of hydrogen-bond donors (Lipinski definition) is 1. The average Bonchev–Trinajstić information content (AvgIpc) is 2.76. The van der Waals surface area contributed by atoms with E-state index in [1.807, 2.05) is 0 Å². The highest BCUT2D eigenvalue weighted by molar-refractivity contribution is 7.09. The minimum absolute atomic E-state index is 0.557. The van der Waals surface area contributed by atoms with E-state index in [4.69, 9.17) is 0 Å². The highest BCUT2D eigenvalue weighted by atomic mass is 32.1. The molecule has 100 valence electrons. The molecule has 0 aliphatic carbocycles. The topological polar surface area (TPSA) is 28.2 Å². The molecule has 1 spiro atoms. The second-order valence-electron chi connectivity index (χ2n) is 5.95. The van der Waals surface area contributed by atoms with Gasteiger partial charge in [-0.15, -0.1) is 11.3 Å². The lowest BCUT2D eigenvalue weighted by Crippen LogP contribution is -2.50. The van der Waals surface area contributed by atoms with Crippen molar-refractivity contribution in [3.8, 4) is 0 Å². The Morgan fingerprint density at radius 2 is 2.33 bits per heavy atom. The lowest BCUT2D eigenvalue weighted by Gasteiger charge is -2.45. The van der Waals surface area contributed by atoms with Gasteiger partial charge in [0.1, 0.15) is 0 Å². The molecule has 0 saturated carbocycles. The Kier molecular flexibility index (Phi) is 3.68. The molecule has 2 aliphatic heterocycles. The standard InChI is InChI=1S/C14H23N3S/c1-12-16-13(9-18-12)8-17-7-3-5-14(11-17)4-2-6-15-10-14/h9,15H,2-8,10-11H2,1H3. The third kappa shape index (κ3) is 2.76. The molecule has 1 atom stereocenters. The molecule has 2 aliphatic rings. The number of nitrogens with zero attached hydrogens (tertiary/aromatic N) is 2. The molecule has 3 heterocycles. The minimum Gasteiger partial charge on any atom is -0.316 e. The van der Waals surface area contributed by atoms with E-state index in [1.165, 1.54) is 62.6 Å². The van der Waals surface area contributed by atoms with Crippen molar-refractivity contribution in [3.63, 3.8) is 0 Å². The van der Waals surface area contributed by atoms with E-state index in [-0.39, 0.29) is 0 Å². The van der Waals surface area contributed by atoms with E-state index in [0.717, 1.165) is 6.54 Å². The van der Waals surface area contributed by atoms with Gasteiger partial charge in [-0.05, 0) is 51.1 Å². The maximum Gasteiger partial charge on any atom is 0.0897 e. The van der Waals surface area contributed by atoms with E-state index < -0.39 is 0 Å². The molecule has 1 aromatic heterocycles. The number of aromatic nitrogens is 1. The van der Waals surface area contributed by atoms with Gasteiger partial charge in [0.2, 0.25) is 0 Å². The van der Waals surface area contributed by atoms with Gasteiger partial charge in [0.15, 0.2) is 0 Å². The lowest BCUT2D eigenvalue weighted by atomic mass is 9.74. The SMILES string of the molecule is Cc1nc(CN2CCCC3(CCCNC3)C2)cs1. The highest BCUT2D eigenvalue weighted by Crippen LogP contribution is 2.36. The number of piperidine rings is 2. The van der Waals surface area contributed by atoms with Crippen molar-refractivity contribution >= 4 is 11.3 Å². The summed E-state index contributed by atoms with van der Waals surface area (Å²) < 4.78 is 0. The third-order valence-electron chi connectivity index (χ3n) is 4.35. The first kappa shape index (κ1) is 12.6. The molecule has 18 heavy (non-hydrogen) atoms. The summed E-state index contributed by atoms with van der Waals surface area (Å²) in [7, 11) is 0. The molecule has 0 bridgehead atoms. The number of nitrogens with one attached hydrogen (secondary N) is 1. The van der Waals surface area contributed by atoms with Crippen LogP contribution in [-0.2, 0) is 6.54 Å². The number of rotatable bonds is 2. The summed E-state index contributed by atoms with van der Waals surface area (Å²) in [4.78, 5) is 7.22. The zero-order valence-electron chi connectivity index (χ0n) is 11.2. The first-order valence-electron chi connectivity index (χ1n) is 7.10. The Labute approximate surface area is 114 Å². The first-order valence-corrected chi connectivity index (χ1v) is 7.98. The lowest BCUT2D eigenvalue weighted by molar-refractivity contribution is 0.0594. The van der Waals surface area contributed by atoms with E-state index in [1.54, 1.807) is 11.3 Å². The van der Waals surface area contributed by atoms with Crippen molar-refractivity contribution < 1.29 is 0 Å². The Morgan fingerprint density at radius 3 is 3.06 bits per heavy atom. The summed E-state index contributed by atoms with van der Waals surface area (Å²) in [6, 6.07) is 0. The smallest absolute Gasteiger partial charge is 0.0897 e. The molecule has 0 amide bonds. The summed E-state index contributed by atoms with van der Waals surface area (Å²) in [6.45, 7) is 8.09. The quantitative estimate of drug-likeness (QED) is 0.890. The summed E-state index contributed by atoms with van der Waals surface area (Å²) in [5, 5.41) is 7.00. The molecular weight excluding hydrogens is 242 g/mol. The number of likely N-dealkylation sites (tertiary alicyclic amines) is 1. The maximum atomic E-state index is 4.60. The largest absolute Gasteiger partial charge is 0.316 e. The molecule has 0 aromatic carbocycles. The van der Waals surface area contributed by atoms with Crippen molar-refractivity contribution in [3.05, 3.63) is 16.1 Å². The van der Waals surface area contributed by atoms with Crippen LogP contribution < -0.4 is 5.32 Å². The minimum atomic E-state index is 0.557. The molecule has 2 fully saturated rings. The fraction of sp³-hybridized carbons (Fsp3) is 0.786. The highest BCUT2D eigenvalue weighted by Gasteiger charge is 2.36. The third-order valence-corrected chi connectivity index (χ3v) is 5.18. The van der Waals surface area contributed by atoms with Crippen LogP contribution in [0.5, 0.6) is 0 Å². The van der Waals surface area contributed by atoms with Gasteiger partial charge < -0.3 is 5.32 Å². The van der Waals surface area contributed by atoms with Crippen molar-refractivity contribution in [2.24, 2.45) is 5.41 Å². The van der Waals surface area contributed by atoms with Crippen LogP contribution in [0.4, 0.5) is 0 Å². The summed E-state index contributed by atoms with van der Waals surface area (Å²) in [5.74, 6) is 0. The van der Waals surface area contributed by atoms with Crippen LogP contribution in [0.1, 0.15) is 36.4 Å². The fourth-order valence-corrected chi connectivity index (χ4v) is 4.14. The van der Waals surface area contributed by atoms with Crippen molar-refractivity contribution in [2.45, 2.75) is 39.2 Å². The molecule has 0 radical (unpaired) electrons. The molecule has 2 saturated heterocycles. The van der Waals surface area contributed by atoms with Crippen LogP contribution in [0.25, 0.3) is 0 Å². The molecule has 1 unspecified atom stereocenters. The van der Waals surface area contributed by atoms with Gasteiger partial charge in [-0.3, -0.25) is 4.90 Å². The Balaban J connectivity index is 1.63. The number of aryl methyl sites for hydroxylation is 1. The maximum absolute atomic E-state index is 4.60. The predicted octanol–water partition coefficient (Wildman–Crippen LogP) is 2.42. The van der Waals surface area contributed by atoms with E-state index in [2.05, 4.69) is 27.5 Å². The molecular formula is C14H23N3S. The predicted molar refractivity (Wildman–Crippen MR) is 75.9 cm³/mol. The van der Waals surface area contributed by atoms with Crippen LogP contribution in [0, 0.1) is 12.3 Å². The van der Waals surface area contributed by atoms with E-state index in [9.17, 15) is 0 Å². The zero-order valence-corrected chi connectivity index (χ0v) is 12.1. The monoisotopic (exact) mass is 265 g/mol. The molecule has 3 rings (SSSR count). The van der Waals surface area contributed by atoms with Gasteiger partial charge in [-0.1, -0.05) is 0 Å². The number of thiazole rings is 1. The molecule has 1 aromatic rings.